The van der Waals surface area contributed by atoms with Crippen molar-refractivity contribution in [2.75, 3.05) is 18.8 Å². The van der Waals surface area contributed by atoms with Gasteiger partial charge in [0.2, 0.25) is 10.0 Å². The highest BCUT2D eigenvalue weighted by Gasteiger charge is 2.41. The lowest BCUT2D eigenvalue weighted by Gasteiger charge is -2.27. The number of nitrogens with one attached hydrogen (secondary N) is 1. The summed E-state index contributed by atoms with van der Waals surface area (Å²) in [5, 5.41) is 3.34. The fourth-order valence-corrected chi connectivity index (χ4v) is 5.16. The zero-order valence-electron chi connectivity index (χ0n) is 10.9. The number of sulfonamides is 1. The van der Waals surface area contributed by atoms with Gasteiger partial charge in [0.1, 0.15) is 0 Å². The van der Waals surface area contributed by atoms with Gasteiger partial charge in [-0.05, 0) is 38.1 Å². The monoisotopic (exact) mass is 260 g/mol. The Morgan fingerprint density at radius 1 is 1.24 bits per heavy atom. The number of hydrogen-bond acceptors (Lipinski definition) is 3. The normalized spacial score (nSPS) is 30.8. The van der Waals surface area contributed by atoms with Crippen molar-refractivity contribution in [3.8, 4) is 0 Å². The van der Waals surface area contributed by atoms with Crippen LogP contribution in [0.25, 0.3) is 0 Å². The van der Waals surface area contributed by atoms with Gasteiger partial charge in [-0.25, -0.2) is 8.42 Å². The molecule has 2 saturated heterocycles. The van der Waals surface area contributed by atoms with Gasteiger partial charge in [0.25, 0.3) is 0 Å². The first-order chi connectivity index (χ1) is 8.00. The first-order valence-corrected chi connectivity index (χ1v) is 8.33. The quantitative estimate of drug-likeness (QED) is 0.826. The van der Waals surface area contributed by atoms with Gasteiger partial charge in [0.15, 0.2) is 0 Å². The van der Waals surface area contributed by atoms with E-state index in [9.17, 15) is 8.42 Å². The van der Waals surface area contributed by atoms with E-state index in [0.717, 1.165) is 38.8 Å². The van der Waals surface area contributed by atoms with Crippen LogP contribution < -0.4 is 5.32 Å². The van der Waals surface area contributed by atoms with Crippen LogP contribution in [0.1, 0.15) is 39.5 Å². The summed E-state index contributed by atoms with van der Waals surface area (Å²) in [5.74, 6) is 0.769. The summed E-state index contributed by atoms with van der Waals surface area (Å²) in [7, 11) is -3.04. The van der Waals surface area contributed by atoms with Gasteiger partial charge in [-0.2, -0.15) is 4.31 Å². The fourth-order valence-electron chi connectivity index (χ4n) is 2.88. The Labute approximate surface area is 105 Å². The molecule has 17 heavy (non-hydrogen) atoms. The van der Waals surface area contributed by atoms with E-state index in [1.807, 2.05) is 4.31 Å². The average Bonchev–Trinajstić information content (AvgIpc) is 2.50. The Bertz CT molecular complexity index is 340. The van der Waals surface area contributed by atoms with Crippen molar-refractivity contribution < 1.29 is 8.42 Å². The van der Waals surface area contributed by atoms with E-state index in [4.69, 9.17) is 0 Å². The van der Waals surface area contributed by atoms with Crippen LogP contribution in [0.5, 0.6) is 0 Å². The van der Waals surface area contributed by atoms with Crippen molar-refractivity contribution in [1.82, 2.24) is 9.62 Å². The number of fused-ring (bicyclic) bond motifs is 2. The molecular weight excluding hydrogens is 236 g/mol. The minimum Gasteiger partial charge on any atom is -0.315 e. The molecule has 2 aliphatic rings. The maximum atomic E-state index is 12.4. The molecule has 0 spiro atoms. The molecule has 0 aromatic rings. The van der Waals surface area contributed by atoms with Crippen LogP contribution in [0.2, 0.25) is 0 Å². The summed E-state index contributed by atoms with van der Waals surface area (Å²) >= 11 is 0. The van der Waals surface area contributed by atoms with Gasteiger partial charge in [-0.1, -0.05) is 13.8 Å². The molecule has 0 radical (unpaired) electrons. The zero-order chi connectivity index (χ0) is 12.5. The average molecular weight is 260 g/mol. The molecule has 0 aromatic heterocycles. The first-order valence-electron chi connectivity index (χ1n) is 6.72. The van der Waals surface area contributed by atoms with Crippen molar-refractivity contribution in [3.63, 3.8) is 0 Å². The van der Waals surface area contributed by atoms with Crippen LogP contribution in [-0.4, -0.2) is 43.6 Å². The van der Waals surface area contributed by atoms with Gasteiger partial charge >= 0.3 is 0 Å². The van der Waals surface area contributed by atoms with Crippen molar-refractivity contribution in [2.45, 2.75) is 51.6 Å². The number of nitrogens with zero attached hydrogens (tertiary/aromatic N) is 1. The lowest BCUT2D eigenvalue weighted by molar-refractivity contribution is 0.333. The molecule has 0 aliphatic carbocycles. The largest absolute Gasteiger partial charge is 0.315 e. The Morgan fingerprint density at radius 2 is 1.94 bits per heavy atom. The highest BCUT2D eigenvalue weighted by atomic mass is 32.2. The van der Waals surface area contributed by atoms with Crippen LogP contribution in [-0.2, 0) is 10.0 Å². The van der Waals surface area contributed by atoms with Crippen molar-refractivity contribution in [1.29, 1.82) is 0 Å². The summed E-state index contributed by atoms with van der Waals surface area (Å²) in [4.78, 5) is 0. The second-order valence-corrected chi connectivity index (χ2v) is 7.70. The van der Waals surface area contributed by atoms with Crippen molar-refractivity contribution in [3.05, 3.63) is 0 Å². The molecule has 2 bridgehead atoms. The molecule has 100 valence electrons. The third kappa shape index (κ3) is 3.01. The first kappa shape index (κ1) is 13.3. The van der Waals surface area contributed by atoms with Crippen LogP contribution >= 0.6 is 0 Å². The predicted octanol–water partition coefficient (Wildman–Crippen LogP) is 1.19. The molecule has 2 fully saturated rings. The van der Waals surface area contributed by atoms with Gasteiger partial charge in [-0.3, -0.25) is 0 Å². The highest BCUT2D eigenvalue weighted by molar-refractivity contribution is 7.89. The molecular formula is C12H24N2O2S. The standard InChI is InChI=1S/C12H24N2O2S/c1-10(2)6-8-17(15,16)14-11-3-4-12(14)9-13-7-5-11/h10-13H,3-9H2,1-2H3. The summed E-state index contributed by atoms with van der Waals surface area (Å²) in [6, 6.07) is 0.465. The topological polar surface area (TPSA) is 49.4 Å². The van der Waals surface area contributed by atoms with Crippen LogP contribution in [0, 0.1) is 5.92 Å². The lowest BCUT2D eigenvalue weighted by atomic mass is 10.1. The maximum Gasteiger partial charge on any atom is 0.214 e. The molecule has 2 atom stereocenters. The van der Waals surface area contributed by atoms with E-state index in [1.54, 1.807) is 0 Å². The van der Waals surface area contributed by atoms with E-state index in [2.05, 4.69) is 19.2 Å². The third-order valence-corrected chi connectivity index (χ3v) is 5.85. The predicted molar refractivity (Wildman–Crippen MR) is 69.4 cm³/mol. The van der Waals surface area contributed by atoms with E-state index < -0.39 is 10.0 Å². The Hall–Kier alpha value is -0.130. The molecule has 5 heteroatoms. The molecule has 0 saturated carbocycles. The van der Waals surface area contributed by atoms with Crippen molar-refractivity contribution >= 4 is 10.0 Å². The van der Waals surface area contributed by atoms with E-state index in [-0.39, 0.29) is 12.1 Å². The second-order valence-electron chi connectivity index (χ2n) is 5.71. The molecule has 4 nitrogen and oxygen atoms in total. The van der Waals surface area contributed by atoms with Crippen LogP contribution in [0.4, 0.5) is 0 Å². The summed E-state index contributed by atoms with van der Waals surface area (Å²) in [6.45, 7) is 5.94. The van der Waals surface area contributed by atoms with E-state index >= 15 is 0 Å². The second kappa shape index (κ2) is 5.24. The third-order valence-electron chi connectivity index (χ3n) is 3.86. The van der Waals surface area contributed by atoms with Crippen LogP contribution in [0.15, 0.2) is 0 Å². The molecule has 0 amide bonds. The van der Waals surface area contributed by atoms with E-state index in [0.29, 0.717) is 11.7 Å². The van der Waals surface area contributed by atoms with Gasteiger partial charge in [0.05, 0.1) is 5.75 Å². The molecule has 1 N–H and O–H groups in total. The number of rotatable bonds is 4. The molecule has 2 aliphatic heterocycles. The maximum absolute atomic E-state index is 12.4. The molecule has 2 heterocycles. The van der Waals surface area contributed by atoms with Gasteiger partial charge < -0.3 is 5.32 Å². The van der Waals surface area contributed by atoms with E-state index in [1.165, 1.54) is 0 Å². The lowest BCUT2D eigenvalue weighted by Crippen LogP contribution is -2.43. The SMILES string of the molecule is CC(C)CCS(=O)(=O)N1C2CCNCC1CC2. The minimum absolute atomic E-state index is 0.208. The highest BCUT2D eigenvalue weighted by Crippen LogP contribution is 2.31. The Morgan fingerprint density at radius 3 is 2.65 bits per heavy atom. The Balaban J connectivity index is 2.09. The summed E-state index contributed by atoms with van der Waals surface area (Å²) in [5.41, 5.74) is 0. The Kier molecular flexibility index (Phi) is 4.10. The summed E-state index contributed by atoms with van der Waals surface area (Å²) < 4.78 is 26.6. The number of hydrogen-bond donors (Lipinski definition) is 1. The van der Waals surface area contributed by atoms with Crippen molar-refractivity contribution in [2.24, 2.45) is 5.92 Å². The van der Waals surface area contributed by atoms with Gasteiger partial charge in [-0.15, -0.1) is 0 Å². The molecule has 2 unspecified atom stereocenters. The van der Waals surface area contributed by atoms with Gasteiger partial charge in [0, 0.05) is 18.6 Å². The minimum atomic E-state index is -3.04. The molecule has 0 aromatic carbocycles. The summed E-state index contributed by atoms with van der Waals surface area (Å²) in [6.07, 6.45) is 3.81. The van der Waals surface area contributed by atoms with Crippen LogP contribution in [0.3, 0.4) is 0 Å². The fraction of sp³-hybridized carbons (Fsp3) is 1.00. The smallest absolute Gasteiger partial charge is 0.214 e. The molecule has 2 rings (SSSR count). The zero-order valence-corrected chi connectivity index (χ0v) is 11.7.